The summed E-state index contributed by atoms with van der Waals surface area (Å²) in [5, 5.41) is 2.48. The average Bonchev–Trinajstić information content (AvgIpc) is 2.36. The number of hydrogen-bond acceptors (Lipinski definition) is 5. The van der Waals surface area contributed by atoms with Crippen LogP contribution in [0, 0.1) is 11.8 Å². The molecule has 0 radical (unpaired) electrons. The van der Waals surface area contributed by atoms with Crippen molar-refractivity contribution in [3.63, 3.8) is 0 Å². The third-order valence-electron chi connectivity index (χ3n) is 3.34. The van der Waals surface area contributed by atoms with Crippen molar-refractivity contribution in [2.24, 2.45) is 11.8 Å². The third kappa shape index (κ3) is 4.51. The maximum absolute atomic E-state index is 12.0. The Hall–Kier alpha value is -1.59. The van der Waals surface area contributed by atoms with Crippen molar-refractivity contribution in [1.82, 2.24) is 5.32 Å². The van der Waals surface area contributed by atoms with Gasteiger partial charge in [0.1, 0.15) is 18.2 Å². The lowest BCUT2D eigenvalue weighted by atomic mass is 9.94. The molecule has 6 nitrogen and oxygen atoms in total. The van der Waals surface area contributed by atoms with Crippen LogP contribution in [0.2, 0.25) is 0 Å². The number of cyclic esters (lactones) is 1. The van der Waals surface area contributed by atoms with Gasteiger partial charge in [-0.3, -0.25) is 9.59 Å². The minimum absolute atomic E-state index is 0.143. The van der Waals surface area contributed by atoms with Gasteiger partial charge in [-0.05, 0) is 26.2 Å². The number of carbonyl (C=O) groups excluding carboxylic acids is 3. The number of esters is 2. The van der Waals surface area contributed by atoms with Crippen LogP contribution in [-0.2, 0) is 23.9 Å². The molecule has 0 aromatic carbocycles. The van der Waals surface area contributed by atoms with Crippen LogP contribution >= 0.6 is 0 Å². The van der Waals surface area contributed by atoms with Crippen LogP contribution in [-0.4, -0.2) is 36.6 Å². The van der Waals surface area contributed by atoms with Gasteiger partial charge in [0.05, 0.1) is 5.92 Å². The molecule has 1 saturated heterocycles. The Balaban J connectivity index is 2.42. The van der Waals surface area contributed by atoms with Crippen molar-refractivity contribution >= 4 is 18.3 Å². The molecule has 1 aliphatic heterocycles. The van der Waals surface area contributed by atoms with E-state index < -0.39 is 12.0 Å². The van der Waals surface area contributed by atoms with Crippen LogP contribution in [0.5, 0.6) is 0 Å². The van der Waals surface area contributed by atoms with E-state index in [2.05, 4.69) is 5.32 Å². The molecule has 0 bridgehead atoms. The van der Waals surface area contributed by atoms with Gasteiger partial charge in [0.2, 0.25) is 6.41 Å². The van der Waals surface area contributed by atoms with Crippen LogP contribution in [0.25, 0.3) is 0 Å². The van der Waals surface area contributed by atoms with Gasteiger partial charge in [-0.25, -0.2) is 4.79 Å². The molecule has 20 heavy (non-hydrogen) atoms. The lowest BCUT2D eigenvalue weighted by molar-refractivity contribution is -0.187. The first-order valence-electron chi connectivity index (χ1n) is 6.95. The lowest BCUT2D eigenvalue weighted by Crippen LogP contribution is -2.46. The molecule has 4 atom stereocenters. The normalized spacial score (nSPS) is 24.4. The van der Waals surface area contributed by atoms with Crippen molar-refractivity contribution < 1.29 is 23.9 Å². The summed E-state index contributed by atoms with van der Waals surface area (Å²) in [4.78, 5) is 33.5. The van der Waals surface area contributed by atoms with E-state index in [1.807, 2.05) is 13.8 Å². The molecule has 1 fully saturated rings. The molecule has 0 aliphatic carbocycles. The van der Waals surface area contributed by atoms with E-state index in [0.717, 1.165) is 0 Å². The number of amides is 1. The summed E-state index contributed by atoms with van der Waals surface area (Å²) in [6.45, 7) is 7.47. The second-order valence-corrected chi connectivity index (χ2v) is 5.71. The number of carbonyl (C=O) groups is 3. The molecule has 1 rings (SSSR count). The quantitative estimate of drug-likeness (QED) is 0.532. The molecule has 0 saturated carbocycles. The SMILES string of the molecule is CC(C)C[C@H](NC=O)C(=O)O[C@@H](C)C[C@@H]1OC(=O)[C@H]1C. The second-order valence-electron chi connectivity index (χ2n) is 5.71. The molecular formula is C14H23NO5. The van der Waals surface area contributed by atoms with Crippen LogP contribution in [0.15, 0.2) is 0 Å². The minimum atomic E-state index is -0.628. The first-order valence-corrected chi connectivity index (χ1v) is 6.95. The number of hydrogen-bond donors (Lipinski definition) is 1. The van der Waals surface area contributed by atoms with Crippen molar-refractivity contribution in [3.8, 4) is 0 Å². The first kappa shape index (κ1) is 16.5. The molecule has 1 amide bonds. The Morgan fingerprint density at radius 1 is 1.45 bits per heavy atom. The average molecular weight is 285 g/mol. The maximum Gasteiger partial charge on any atom is 0.328 e. The van der Waals surface area contributed by atoms with E-state index in [9.17, 15) is 14.4 Å². The van der Waals surface area contributed by atoms with Crippen LogP contribution in [0.1, 0.15) is 40.5 Å². The van der Waals surface area contributed by atoms with E-state index in [-0.39, 0.29) is 30.0 Å². The highest BCUT2D eigenvalue weighted by atomic mass is 16.6. The van der Waals surface area contributed by atoms with Gasteiger partial charge >= 0.3 is 11.9 Å². The monoisotopic (exact) mass is 285 g/mol. The van der Waals surface area contributed by atoms with Gasteiger partial charge < -0.3 is 14.8 Å². The Morgan fingerprint density at radius 2 is 2.10 bits per heavy atom. The fourth-order valence-corrected chi connectivity index (χ4v) is 2.13. The summed E-state index contributed by atoms with van der Waals surface area (Å²) < 4.78 is 10.3. The maximum atomic E-state index is 12.0. The van der Waals surface area contributed by atoms with Crippen LogP contribution < -0.4 is 5.32 Å². The number of rotatable bonds is 8. The zero-order valence-electron chi connectivity index (χ0n) is 12.4. The molecule has 0 spiro atoms. The van der Waals surface area contributed by atoms with E-state index in [1.54, 1.807) is 13.8 Å². The Labute approximate surface area is 119 Å². The predicted molar refractivity (Wildman–Crippen MR) is 71.7 cm³/mol. The fourth-order valence-electron chi connectivity index (χ4n) is 2.13. The summed E-state index contributed by atoms with van der Waals surface area (Å²) in [5.41, 5.74) is 0. The first-order chi connectivity index (χ1) is 9.35. The van der Waals surface area contributed by atoms with Crippen molar-refractivity contribution in [2.45, 2.75) is 58.8 Å². The molecule has 1 aliphatic rings. The van der Waals surface area contributed by atoms with Gasteiger partial charge in [-0.2, -0.15) is 0 Å². The second kappa shape index (κ2) is 7.26. The Kier molecular flexibility index (Phi) is 5.98. The van der Waals surface area contributed by atoms with Crippen molar-refractivity contribution in [1.29, 1.82) is 0 Å². The van der Waals surface area contributed by atoms with Crippen LogP contribution in [0.3, 0.4) is 0 Å². The summed E-state index contributed by atoms with van der Waals surface area (Å²) in [5.74, 6) is -0.538. The van der Waals surface area contributed by atoms with Crippen molar-refractivity contribution in [2.75, 3.05) is 0 Å². The summed E-state index contributed by atoms with van der Waals surface area (Å²) in [6, 6.07) is -0.628. The van der Waals surface area contributed by atoms with Crippen LogP contribution in [0.4, 0.5) is 0 Å². The molecule has 6 heteroatoms. The summed E-state index contributed by atoms with van der Waals surface area (Å²) in [6.07, 6.45) is 0.973. The smallest absolute Gasteiger partial charge is 0.328 e. The van der Waals surface area contributed by atoms with E-state index in [1.165, 1.54) is 0 Å². The minimum Gasteiger partial charge on any atom is -0.461 e. The zero-order valence-corrected chi connectivity index (χ0v) is 12.4. The number of ether oxygens (including phenoxy) is 2. The predicted octanol–water partition coefficient (Wildman–Crippen LogP) is 1.03. The summed E-state index contributed by atoms with van der Waals surface area (Å²) >= 11 is 0. The van der Waals surface area contributed by atoms with Gasteiger partial charge in [0.15, 0.2) is 0 Å². The lowest BCUT2D eigenvalue weighted by Gasteiger charge is -2.34. The standard InChI is InChI=1S/C14H23NO5/c1-8(2)5-11(15-7-16)14(18)19-9(3)6-12-10(4)13(17)20-12/h7-12H,5-6H2,1-4H3,(H,15,16)/t9-,10-,11-,12-/m0/s1. The molecule has 1 N–H and O–H groups in total. The number of nitrogens with one attached hydrogen (secondary N) is 1. The molecule has 0 aromatic heterocycles. The molecular weight excluding hydrogens is 262 g/mol. The van der Waals surface area contributed by atoms with E-state index in [4.69, 9.17) is 9.47 Å². The Morgan fingerprint density at radius 3 is 2.55 bits per heavy atom. The van der Waals surface area contributed by atoms with Gasteiger partial charge in [-0.1, -0.05) is 13.8 Å². The highest BCUT2D eigenvalue weighted by Gasteiger charge is 2.39. The molecule has 114 valence electrons. The van der Waals surface area contributed by atoms with E-state index >= 15 is 0 Å². The molecule has 0 aromatic rings. The fraction of sp³-hybridized carbons (Fsp3) is 0.786. The topological polar surface area (TPSA) is 81.7 Å². The largest absolute Gasteiger partial charge is 0.461 e. The van der Waals surface area contributed by atoms with E-state index in [0.29, 0.717) is 19.3 Å². The van der Waals surface area contributed by atoms with Gasteiger partial charge in [-0.15, -0.1) is 0 Å². The van der Waals surface area contributed by atoms with Crippen molar-refractivity contribution in [3.05, 3.63) is 0 Å². The molecule has 1 heterocycles. The third-order valence-corrected chi connectivity index (χ3v) is 3.34. The summed E-state index contributed by atoms with van der Waals surface area (Å²) in [7, 11) is 0. The van der Waals surface area contributed by atoms with Gasteiger partial charge in [0.25, 0.3) is 0 Å². The molecule has 0 unspecified atom stereocenters. The Bertz CT molecular complexity index is 369. The zero-order chi connectivity index (χ0) is 15.3. The highest BCUT2D eigenvalue weighted by molar-refractivity contribution is 5.79. The van der Waals surface area contributed by atoms with Gasteiger partial charge in [0, 0.05) is 6.42 Å². The highest BCUT2D eigenvalue weighted by Crippen LogP contribution is 2.26.